The standard InChI is InChI=1S/C20H26N4O4S2/c1-10-15-14(11(2)25)18(26)24(15)16(19(27)28)17(10)30-13-8-12(23-9-13)4-3-7-29-20-21-5-6-22-20/h3-6,10-15,23,25H,7-9H2,1-2H3,(H,21,22)(H,27,28)/b4-3+/t10-,11-,12-,13+,14-,15-/m1/s1. The fourth-order valence-electron chi connectivity index (χ4n) is 4.50. The molecule has 2 fully saturated rings. The number of H-pyrrole nitrogens is 1. The van der Waals surface area contributed by atoms with Crippen molar-refractivity contribution in [2.24, 2.45) is 11.8 Å². The summed E-state index contributed by atoms with van der Waals surface area (Å²) in [5, 5.41) is 24.3. The first-order valence-electron chi connectivity index (χ1n) is 10.1. The number of rotatable bonds is 8. The number of aliphatic hydroxyl groups excluding tert-OH is 1. The van der Waals surface area contributed by atoms with Crippen molar-refractivity contribution in [2.45, 2.75) is 48.9 Å². The molecule has 3 aliphatic heterocycles. The summed E-state index contributed by atoms with van der Waals surface area (Å²) < 4.78 is 0. The highest BCUT2D eigenvalue weighted by atomic mass is 32.2. The summed E-state index contributed by atoms with van der Waals surface area (Å²) >= 11 is 3.20. The lowest BCUT2D eigenvalue weighted by atomic mass is 9.79. The molecule has 1 aromatic heterocycles. The molecule has 0 bridgehead atoms. The number of carbonyl (C=O) groups excluding carboxylic acids is 1. The summed E-state index contributed by atoms with van der Waals surface area (Å²) in [5.41, 5.74) is 0.105. The maximum absolute atomic E-state index is 12.4. The Bertz CT molecular complexity index is 870. The van der Waals surface area contributed by atoms with Gasteiger partial charge in [0.1, 0.15) is 5.70 Å². The number of carboxylic acid groups (broad SMARTS) is 1. The number of aliphatic hydroxyl groups is 1. The van der Waals surface area contributed by atoms with Crippen LogP contribution in [0.25, 0.3) is 0 Å². The number of nitrogens with one attached hydrogen (secondary N) is 2. The van der Waals surface area contributed by atoms with E-state index in [2.05, 4.69) is 27.4 Å². The number of fused-ring (bicyclic) bond motifs is 1. The quantitative estimate of drug-likeness (QED) is 0.268. The van der Waals surface area contributed by atoms with E-state index in [0.717, 1.165) is 28.8 Å². The SMILES string of the molecule is C[C@@H](O)[C@H]1C(=O)N2C(C(=O)O)=C(S[C@@H]3CN[C@H](/C=C/CSc4ncc[nH]4)C3)[C@H](C)[C@H]12. The molecule has 162 valence electrons. The zero-order valence-corrected chi connectivity index (χ0v) is 18.4. The van der Waals surface area contributed by atoms with Crippen molar-refractivity contribution >= 4 is 35.4 Å². The number of amides is 1. The predicted octanol–water partition coefficient (Wildman–Crippen LogP) is 1.68. The first kappa shape index (κ1) is 21.5. The van der Waals surface area contributed by atoms with E-state index < -0.39 is 18.0 Å². The number of β-lactam (4-membered cyclic amide) rings is 1. The van der Waals surface area contributed by atoms with Gasteiger partial charge in [-0.1, -0.05) is 30.8 Å². The first-order valence-corrected chi connectivity index (χ1v) is 11.9. The lowest BCUT2D eigenvalue weighted by Gasteiger charge is -2.46. The number of hydrogen-bond acceptors (Lipinski definition) is 7. The maximum Gasteiger partial charge on any atom is 0.353 e. The maximum atomic E-state index is 12.4. The summed E-state index contributed by atoms with van der Waals surface area (Å²) in [6, 6.07) is -0.0102. The van der Waals surface area contributed by atoms with Gasteiger partial charge in [0.15, 0.2) is 5.16 Å². The lowest BCUT2D eigenvalue weighted by molar-refractivity contribution is -0.163. The van der Waals surface area contributed by atoms with Gasteiger partial charge in [-0.2, -0.15) is 0 Å². The molecular weight excluding hydrogens is 424 g/mol. The van der Waals surface area contributed by atoms with Crippen molar-refractivity contribution in [1.29, 1.82) is 0 Å². The van der Waals surface area contributed by atoms with Gasteiger partial charge in [-0.3, -0.25) is 4.79 Å². The Kier molecular flexibility index (Phi) is 6.29. The van der Waals surface area contributed by atoms with Gasteiger partial charge in [0.25, 0.3) is 0 Å². The van der Waals surface area contributed by atoms with Crippen molar-refractivity contribution in [2.75, 3.05) is 12.3 Å². The highest BCUT2D eigenvalue weighted by Crippen LogP contribution is 2.51. The van der Waals surface area contributed by atoms with Crippen LogP contribution in [-0.2, 0) is 9.59 Å². The van der Waals surface area contributed by atoms with Gasteiger partial charge in [-0.25, -0.2) is 9.78 Å². The van der Waals surface area contributed by atoms with Gasteiger partial charge in [0.2, 0.25) is 5.91 Å². The van der Waals surface area contributed by atoms with Crippen LogP contribution in [0.1, 0.15) is 20.3 Å². The molecule has 0 spiro atoms. The van der Waals surface area contributed by atoms with E-state index in [0.29, 0.717) is 0 Å². The first-order chi connectivity index (χ1) is 14.4. The monoisotopic (exact) mass is 450 g/mol. The molecule has 4 N–H and O–H groups in total. The summed E-state index contributed by atoms with van der Waals surface area (Å²) in [6.07, 6.45) is 7.93. The number of aromatic amines is 1. The number of imidazole rings is 1. The number of carbonyl (C=O) groups is 2. The highest BCUT2D eigenvalue weighted by Gasteiger charge is 2.60. The Morgan fingerprint density at radius 1 is 1.50 bits per heavy atom. The van der Waals surface area contributed by atoms with Crippen molar-refractivity contribution in [1.82, 2.24) is 20.2 Å². The fourth-order valence-corrected chi connectivity index (χ4v) is 6.65. The third-order valence-electron chi connectivity index (χ3n) is 5.89. The molecule has 0 saturated carbocycles. The Morgan fingerprint density at radius 2 is 2.30 bits per heavy atom. The van der Waals surface area contributed by atoms with Gasteiger partial charge >= 0.3 is 5.97 Å². The number of hydrogen-bond donors (Lipinski definition) is 4. The van der Waals surface area contributed by atoms with Gasteiger partial charge in [0.05, 0.1) is 18.1 Å². The number of thioether (sulfide) groups is 2. The van der Waals surface area contributed by atoms with Crippen LogP contribution in [-0.4, -0.2) is 72.7 Å². The Balaban J connectivity index is 1.37. The van der Waals surface area contributed by atoms with E-state index in [1.54, 1.807) is 42.8 Å². The van der Waals surface area contributed by atoms with E-state index in [1.165, 1.54) is 4.90 Å². The molecule has 30 heavy (non-hydrogen) atoms. The molecule has 0 unspecified atom stereocenters. The van der Waals surface area contributed by atoms with E-state index >= 15 is 0 Å². The molecule has 8 nitrogen and oxygen atoms in total. The van der Waals surface area contributed by atoms with Crippen LogP contribution in [0.15, 0.2) is 40.3 Å². The molecule has 0 aromatic carbocycles. The molecule has 0 aliphatic carbocycles. The topological polar surface area (TPSA) is 119 Å². The predicted molar refractivity (Wildman–Crippen MR) is 116 cm³/mol. The van der Waals surface area contributed by atoms with Gasteiger partial charge in [0, 0.05) is 46.8 Å². The Hall–Kier alpha value is -1.75. The molecule has 3 aliphatic rings. The number of nitrogens with zero attached hydrogens (tertiary/aromatic N) is 2. The summed E-state index contributed by atoms with van der Waals surface area (Å²) in [4.78, 5) is 33.7. The summed E-state index contributed by atoms with van der Waals surface area (Å²) in [7, 11) is 0. The summed E-state index contributed by atoms with van der Waals surface area (Å²) in [6.45, 7) is 4.34. The Labute approximate surface area is 183 Å². The minimum atomic E-state index is -1.07. The van der Waals surface area contributed by atoms with Crippen LogP contribution in [0.5, 0.6) is 0 Å². The van der Waals surface area contributed by atoms with Crippen LogP contribution in [0, 0.1) is 11.8 Å². The van der Waals surface area contributed by atoms with Crippen LogP contribution in [0.3, 0.4) is 0 Å². The smallest absolute Gasteiger partial charge is 0.353 e. The van der Waals surface area contributed by atoms with Gasteiger partial charge in [-0.15, -0.1) is 11.8 Å². The Morgan fingerprint density at radius 3 is 2.97 bits per heavy atom. The molecule has 4 rings (SSSR count). The molecule has 6 atom stereocenters. The minimum Gasteiger partial charge on any atom is -0.477 e. The molecule has 4 heterocycles. The van der Waals surface area contributed by atoms with E-state index in [-0.39, 0.29) is 34.9 Å². The second-order valence-electron chi connectivity index (χ2n) is 7.90. The second-order valence-corrected chi connectivity index (χ2v) is 10.2. The van der Waals surface area contributed by atoms with E-state index in [1.807, 2.05) is 6.92 Å². The normalized spacial score (nSPS) is 32.0. The van der Waals surface area contributed by atoms with Crippen molar-refractivity contribution in [3.05, 3.63) is 35.1 Å². The minimum absolute atomic E-state index is 0.0855. The molecule has 0 radical (unpaired) electrons. The second kappa shape index (κ2) is 8.78. The van der Waals surface area contributed by atoms with Crippen LogP contribution in [0.2, 0.25) is 0 Å². The van der Waals surface area contributed by atoms with Crippen molar-refractivity contribution in [3.8, 4) is 0 Å². The summed E-state index contributed by atoms with van der Waals surface area (Å²) in [5.74, 6) is -1.13. The van der Waals surface area contributed by atoms with Crippen LogP contribution >= 0.6 is 23.5 Å². The third-order valence-corrected chi connectivity index (χ3v) is 8.25. The number of aliphatic carboxylic acids is 1. The average Bonchev–Trinajstić information content (AvgIpc) is 3.40. The third kappa shape index (κ3) is 3.93. The largest absolute Gasteiger partial charge is 0.477 e. The van der Waals surface area contributed by atoms with E-state index in [9.17, 15) is 19.8 Å². The molecule has 1 amide bonds. The van der Waals surface area contributed by atoms with Crippen molar-refractivity contribution < 1.29 is 19.8 Å². The zero-order valence-electron chi connectivity index (χ0n) is 16.8. The zero-order chi connectivity index (χ0) is 21.4. The molecule has 2 saturated heterocycles. The van der Waals surface area contributed by atoms with Crippen LogP contribution in [0.4, 0.5) is 0 Å². The van der Waals surface area contributed by atoms with Crippen LogP contribution < -0.4 is 5.32 Å². The van der Waals surface area contributed by atoms with Gasteiger partial charge < -0.3 is 25.4 Å². The average molecular weight is 451 g/mol. The number of aromatic nitrogens is 2. The molecule has 1 aromatic rings. The molecular formula is C20H26N4O4S2. The fraction of sp³-hybridized carbons (Fsp3) is 0.550. The number of carboxylic acids is 1. The van der Waals surface area contributed by atoms with Crippen molar-refractivity contribution in [3.63, 3.8) is 0 Å². The highest BCUT2D eigenvalue weighted by molar-refractivity contribution is 8.03. The molecule has 10 heteroatoms. The lowest BCUT2D eigenvalue weighted by Crippen LogP contribution is -2.63. The van der Waals surface area contributed by atoms with E-state index in [4.69, 9.17) is 0 Å². The van der Waals surface area contributed by atoms with Gasteiger partial charge in [-0.05, 0) is 13.3 Å².